The van der Waals surface area contributed by atoms with Gasteiger partial charge in [-0.3, -0.25) is 0 Å². The molecule has 0 aliphatic carbocycles. The quantitative estimate of drug-likeness (QED) is 0.749. The number of nitrogens with two attached hydrogens (primary N) is 2. The average molecular weight is 200 g/mol. The topological polar surface area (TPSA) is 78.3 Å². The van der Waals surface area contributed by atoms with Crippen molar-refractivity contribution < 1.29 is 9.53 Å². The van der Waals surface area contributed by atoms with Crippen LogP contribution in [0.5, 0.6) is 0 Å². The monoisotopic (exact) mass is 200 g/mol. The van der Waals surface area contributed by atoms with Crippen molar-refractivity contribution in [1.29, 1.82) is 0 Å². The van der Waals surface area contributed by atoms with Crippen molar-refractivity contribution in [3.8, 4) is 0 Å². The van der Waals surface area contributed by atoms with E-state index in [9.17, 15) is 4.79 Å². The molecule has 1 aromatic carbocycles. The van der Waals surface area contributed by atoms with Crippen LogP contribution in [0.1, 0.15) is 5.56 Å². The summed E-state index contributed by atoms with van der Waals surface area (Å²) in [5.74, 6) is 0. The molecule has 0 spiro atoms. The van der Waals surface area contributed by atoms with Crippen molar-refractivity contribution in [3.05, 3.63) is 35.9 Å². The highest BCUT2D eigenvalue weighted by atomic mass is 16.5. The van der Waals surface area contributed by atoms with E-state index in [1.54, 1.807) is 0 Å². The van der Waals surface area contributed by atoms with Gasteiger partial charge in [-0.25, -0.2) is 4.79 Å². The van der Waals surface area contributed by atoms with Crippen molar-refractivity contribution in [2.75, 3.05) is 6.61 Å². The number of rotatable bonds is 4. The molecular weight excluding hydrogens is 186 g/mol. The molecule has 0 saturated heterocycles. The van der Waals surface area contributed by atoms with Gasteiger partial charge in [-0.05, 0) is 12.0 Å². The van der Waals surface area contributed by atoms with Crippen LogP contribution in [-0.2, 0) is 11.2 Å². The highest BCUT2D eigenvalue weighted by molar-refractivity contribution is 5.64. The SMILES string of the molecule is NC(=O)OC[C@H](N)C[13c]1[13cH][13cH][13cH][13cH][13cH]1. The van der Waals surface area contributed by atoms with Crippen LogP contribution in [-0.4, -0.2) is 18.7 Å². The van der Waals surface area contributed by atoms with E-state index < -0.39 is 6.09 Å². The molecule has 1 rings (SSSR count). The van der Waals surface area contributed by atoms with Gasteiger partial charge in [0.1, 0.15) is 6.61 Å². The van der Waals surface area contributed by atoms with E-state index >= 15 is 0 Å². The Morgan fingerprint density at radius 3 is 2.57 bits per heavy atom. The lowest BCUT2D eigenvalue weighted by Crippen LogP contribution is -2.31. The molecule has 0 aliphatic heterocycles. The van der Waals surface area contributed by atoms with Gasteiger partial charge in [0.15, 0.2) is 0 Å². The Bertz CT molecular complexity index is 287. The molecule has 4 nitrogen and oxygen atoms in total. The maximum absolute atomic E-state index is 10.3. The Morgan fingerprint density at radius 2 is 2.00 bits per heavy atom. The number of primary amides is 1. The van der Waals surface area contributed by atoms with E-state index in [4.69, 9.17) is 11.5 Å². The number of amides is 1. The number of hydrogen-bond acceptors (Lipinski definition) is 3. The third-order valence-electron chi connectivity index (χ3n) is 1.78. The maximum atomic E-state index is 10.3. The minimum atomic E-state index is -0.784. The molecule has 0 bridgehead atoms. The van der Waals surface area contributed by atoms with Crippen LogP contribution < -0.4 is 11.5 Å². The fourth-order valence-corrected chi connectivity index (χ4v) is 1.16. The summed E-state index contributed by atoms with van der Waals surface area (Å²) in [6, 6.07) is 9.57. The number of benzene rings is 1. The van der Waals surface area contributed by atoms with Gasteiger partial charge in [-0.1, -0.05) is 30.3 Å². The van der Waals surface area contributed by atoms with Crippen LogP contribution >= 0.6 is 0 Å². The molecule has 0 radical (unpaired) electrons. The first kappa shape index (κ1) is 10.5. The second-order valence-electron chi connectivity index (χ2n) is 3.08. The Kier molecular flexibility index (Phi) is 3.94. The minimum absolute atomic E-state index is 0.157. The van der Waals surface area contributed by atoms with Crippen LogP contribution in [0.25, 0.3) is 0 Å². The summed E-state index contributed by atoms with van der Waals surface area (Å²) in [5, 5.41) is 0. The highest BCUT2D eigenvalue weighted by Crippen LogP contribution is 2.01. The molecule has 0 heterocycles. The smallest absolute Gasteiger partial charge is 0.404 e. The number of hydrogen-bond donors (Lipinski definition) is 2. The summed E-state index contributed by atoms with van der Waals surface area (Å²) in [6.07, 6.45) is -0.109. The molecule has 14 heavy (non-hydrogen) atoms. The van der Waals surface area contributed by atoms with E-state index in [2.05, 4.69) is 4.74 Å². The largest absolute Gasteiger partial charge is 0.448 e. The molecule has 76 valence electrons. The highest BCUT2D eigenvalue weighted by Gasteiger charge is 2.05. The van der Waals surface area contributed by atoms with E-state index in [-0.39, 0.29) is 12.6 Å². The lowest BCUT2D eigenvalue weighted by atomic mass is 10.3. The van der Waals surface area contributed by atoms with Crippen LogP contribution in [0.2, 0.25) is 0 Å². The summed E-state index contributed by atoms with van der Waals surface area (Å²) in [5.41, 5.74) is 11.7. The summed E-state index contributed by atoms with van der Waals surface area (Å²) < 4.78 is 4.59. The molecule has 0 fully saturated rings. The summed E-state index contributed by atoms with van der Waals surface area (Å²) >= 11 is 0. The number of ether oxygens (including phenoxy) is 1. The molecule has 0 aromatic heterocycles. The van der Waals surface area contributed by atoms with Gasteiger partial charge < -0.3 is 16.2 Å². The molecule has 0 saturated carbocycles. The first-order chi connectivity index (χ1) is 6.68. The zero-order valence-electron chi connectivity index (χ0n) is 7.85. The number of carbonyl (C=O) groups is 1. The van der Waals surface area contributed by atoms with E-state index in [1.807, 2.05) is 30.3 Å². The Balaban J connectivity index is 2.34. The molecule has 0 unspecified atom stereocenters. The van der Waals surface area contributed by atoms with Crippen LogP contribution in [0.3, 0.4) is 0 Å². The molecule has 4 heteroatoms. The van der Waals surface area contributed by atoms with E-state index in [1.165, 1.54) is 0 Å². The van der Waals surface area contributed by atoms with Crippen molar-refractivity contribution in [2.45, 2.75) is 12.5 Å². The average Bonchev–Trinajstić information content (AvgIpc) is 2.16. The van der Waals surface area contributed by atoms with Gasteiger partial charge in [-0.2, -0.15) is 0 Å². The van der Waals surface area contributed by atoms with Gasteiger partial charge >= 0.3 is 6.09 Å². The number of carbonyl (C=O) groups excluding carboxylic acids is 1. The zero-order chi connectivity index (χ0) is 10.4. The van der Waals surface area contributed by atoms with E-state index in [0.717, 1.165) is 5.56 Å². The normalized spacial score (nSPS) is 12.1. The Morgan fingerprint density at radius 1 is 1.36 bits per heavy atom. The fourth-order valence-electron chi connectivity index (χ4n) is 1.16. The third kappa shape index (κ3) is 3.91. The predicted molar refractivity (Wildman–Crippen MR) is 53.7 cm³/mol. The standard InChI is InChI=1S/C10H14N2O2/c11-9(7-14-10(12)13)6-8-4-2-1-3-5-8/h1-5,9H,6-7,11H2,(H2,12,13)/t9-/m1/s1/i1+1,2+1,3+1,4+1,5+1,8+1. The van der Waals surface area contributed by atoms with E-state index in [0.29, 0.717) is 6.42 Å². The van der Waals surface area contributed by atoms with Gasteiger partial charge in [-0.15, -0.1) is 0 Å². The van der Waals surface area contributed by atoms with Crippen molar-refractivity contribution in [2.24, 2.45) is 11.5 Å². The molecule has 1 atom stereocenters. The molecular formula is C10H14N2O2. The minimum Gasteiger partial charge on any atom is -0.448 e. The summed E-state index contributed by atoms with van der Waals surface area (Å²) in [6.45, 7) is 0.157. The lowest BCUT2D eigenvalue weighted by Gasteiger charge is -2.10. The second kappa shape index (κ2) is 5.24. The van der Waals surface area contributed by atoms with Gasteiger partial charge in [0, 0.05) is 6.04 Å². The maximum Gasteiger partial charge on any atom is 0.404 e. The Hall–Kier alpha value is -1.55. The third-order valence-corrected chi connectivity index (χ3v) is 1.78. The molecule has 1 amide bonds. The lowest BCUT2D eigenvalue weighted by molar-refractivity contribution is 0.149. The first-order valence-electron chi connectivity index (χ1n) is 4.40. The van der Waals surface area contributed by atoms with Gasteiger partial charge in [0.2, 0.25) is 0 Å². The molecule has 1 aromatic rings. The van der Waals surface area contributed by atoms with Crippen molar-refractivity contribution >= 4 is 6.09 Å². The van der Waals surface area contributed by atoms with Crippen LogP contribution in [0, 0.1) is 0 Å². The van der Waals surface area contributed by atoms with Crippen molar-refractivity contribution in [3.63, 3.8) is 0 Å². The zero-order valence-corrected chi connectivity index (χ0v) is 7.85. The first-order valence-corrected chi connectivity index (χ1v) is 4.40. The molecule has 4 N–H and O–H groups in total. The van der Waals surface area contributed by atoms with Crippen LogP contribution in [0.15, 0.2) is 30.3 Å². The predicted octanol–water partition coefficient (Wildman–Crippen LogP) is 0.652. The van der Waals surface area contributed by atoms with Crippen molar-refractivity contribution in [1.82, 2.24) is 0 Å². The van der Waals surface area contributed by atoms with Gasteiger partial charge in [0.25, 0.3) is 0 Å². The second-order valence-corrected chi connectivity index (χ2v) is 3.08. The molecule has 0 aliphatic rings. The fraction of sp³-hybridized carbons (Fsp3) is 0.300. The Labute approximate surface area is 82.8 Å². The van der Waals surface area contributed by atoms with Crippen LogP contribution in [0.4, 0.5) is 4.79 Å². The summed E-state index contributed by atoms with van der Waals surface area (Å²) in [4.78, 5) is 10.3. The summed E-state index contributed by atoms with van der Waals surface area (Å²) in [7, 11) is 0. The van der Waals surface area contributed by atoms with Gasteiger partial charge in [0.05, 0.1) is 0 Å².